The molecule has 0 bridgehead atoms. The van der Waals surface area contributed by atoms with E-state index in [1.807, 2.05) is 0 Å². The Morgan fingerprint density at radius 3 is 1.53 bits per heavy atom. The van der Waals surface area contributed by atoms with Gasteiger partial charge < -0.3 is 0 Å². The molecule has 1 aliphatic rings. The lowest BCUT2D eigenvalue weighted by atomic mass is 9.96. The first-order valence-corrected chi connectivity index (χ1v) is 10.2. The highest BCUT2D eigenvalue weighted by atomic mass is 32.2. The summed E-state index contributed by atoms with van der Waals surface area (Å²) in [7, 11) is -4.55. The molecule has 0 radical (unpaired) electrons. The van der Waals surface area contributed by atoms with Gasteiger partial charge in [-0.2, -0.15) is 8.42 Å². The minimum atomic E-state index is -4.55. The Morgan fingerprint density at radius 1 is 0.667 bits per heavy atom. The molecule has 0 aromatic heterocycles. The summed E-state index contributed by atoms with van der Waals surface area (Å²) >= 11 is 0. The molecule has 0 fully saturated rings. The van der Waals surface area contributed by atoms with E-state index in [-0.39, 0.29) is 21.1 Å². The lowest BCUT2D eigenvalue weighted by Gasteiger charge is -2.14. The highest BCUT2D eigenvalue weighted by molar-refractivity contribution is 7.86. The van der Waals surface area contributed by atoms with E-state index < -0.39 is 27.7 Å². The van der Waals surface area contributed by atoms with Crippen LogP contribution in [-0.2, 0) is 24.0 Å². The predicted molar refractivity (Wildman–Crippen MR) is 106 cm³/mol. The Bertz CT molecular complexity index is 1190. The average molecular weight is 423 g/mol. The molecule has 0 N–H and O–H groups in total. The number of nitrogens with zero attached hydrogens (tertiary/aromatic N) is 1. The molecule has 30 heavy (non-hydrogen) atoms. The van der Waals surface area contributed by atoms with Gasteiger partial charge in [-0.1, -0.05) is 60.7 Å². The van der Waals surface area contributed by atoms with Crippen molar-refractivity contribution in [2.75, 3.05) is 0 Å². The minimum absolute atomic E-state index is 0.0288. The average Bonchev–Trinajstić information content (AvgIpc) is 2.99. The third-order valence-corrected chi connectivity index (χ3v) is 5.64. The van der Waals surface area contributed by atoms with E-state index in [1.165, 1.54) is 0 Å². The first-order valence-electron chi connectivity index (χ1n) is 8.82. The van der Waals surface area contributed by atoms with Crippen LogP contribution in [0.15, 0.2) is 89.8 Å². The van der Waals surface area contributed by atoms with Gasteiger partial charge >= 0.3 is 10.1 Å². The molecule has 0 atom stereocenters. The molecule has 6 nitrogen and oxygen atoms in total. The van der Waals surface area contributed by atoms with Gasteiger partial charge in [-0.25, -0.2) is 4.39 Å². The summed E-state index contributed by atoms with van der Waals surface area (Å²) in [5, 5.41) is 0.226. The number of amides is 2. The van der Waals surface area contributed by atoms with E-state index in [0.29, 0.717) is 11.1 Å². The van der Waals surface area contributed by atoms with Crippen molar-refractivity contribution < 1.29 is 26.7 Å². The van der Waals surface area contributed by atoms with Crippen LogP contribution in [0.1, 0.15) is 11.1 Å². The Balaban J connectivity index is 1.77. The Hall–Kier alpha value is -3.62. The molecule has 1 heterocycles. The summed E-state index contributed by atoms with van der Waals surface area (Å²) in [4.78, 5) is 25.7. The quantitative estimate of drug-likeness (QED) is 0.588. The largest absolute Gasteiger partial charge is 0.318 e. The zero-order valence-electron chi connectivity index (χ0n) is 15.4. The van der Waals surface area contributed by atoms with Gasteiger partial charge in [-0.05, 0) is 35.4 Å². The third kappa shape index (κ3) is 3.54. The molecule has 0 saturated heterocycles. The summed E-state index contributed by atoms with van der Waals surface area (Å²) in [6.45, 7) is 0. The van der Waals surface area contributed by atoms with Crippen molar-refractivity contribution in [2.45, 2.75) is 4.90 Å². The van der Waals surface area contributed by atoms with Crippen LogP contribution < -0.4 is 0 Å². The number of imide groups is 1. The summed E-state index contributed by atoms with van der Waals surface area (Å²) in [5.74, 6) is -2.45. The molecular formula is C22H14FNO5S. The zero-order valence-corrected chi connectivity index (χ0v) is 16.2. The van der Waals surface area contributed by atoms with E-state index in [2.05, 4.69) is 0 Å². The SMILES string of the molecule is O=C1C(c2ccccc2)=C(c2ccccc2)C(=O)N1OS(=O)(=O)c1ccc(F)cc1. The standard InChI is InChI=1S/C22H14FNO5S/c23-17-11-13-18(14-12-17)30(27,28)29-24-21(25)19(15-7-3-1-4-8-15)20(22(24)26)16-9-5-2-6-10-16/h1-14H. The summed E-state index contributed by atoms with van der Waals surface area (Å²) < 4.78 is 43.2. The van der Waals surface area contributed by atoms with Crippen molar-refractivity contribution in [2.24, 2.45) is 0 Å². The second-order valence-corrected chi connectivity index (χ2v) is 7.90. The molecule has 4 rings (SSSR count). The van der Waals surface area contributed by atoms with Crippen LogP contribution in [-0.4, -0.2) is 25.3 Å². The number of benzene rings is 3. The molecule has 0 unspecified atom stereocenters. The van der Waals surface area contributed by atoms with Crippen LogP contribution in [0.3, 0.4) is 0 Å². The number of hydrogen-bond acceptors (Lipinski definition) is 5. The number of carbonyl (C=O) groups excluding carboxylic acids is 2. The Labute approximate surface area is 171 Å². The molecule has 0 aliphatic carbocycles. The third-order valence-electron chi connectivity index (χ3n) is 4.45. The Kier molecular flexibility index (Phi) is 5.03. The molecule has 2 amide bonds. The van der Waals surface area contributed by atoms with E-state index in [9.17, 15) is 22.4 Å². The van der Waals surface area contributed by atoms with Gasteiger partial charge in [0, 0.05) is 0 Å². The minimum Gasteiger partial charge on any atom is -0.266 e. The van der Waals surface area contributed by atoms with E-state index >= 15 is 0 Å². The predicted octanol–water partition coefficient (Wildman–Crippen LogP) is 3.43. The van der Waals surface area contributed by atoms with Crippen LogP contribution in [0.5, 0.6) is 0 Å². The van der Waals surface area contributed by atoms with Gasteiger partial charge in [0.1, 0.15) is 5.82 Å². The van der Waals surface area contributed by atoms with Crippen LogP contribution in [0.4, 0.5) is 4.39 Å². The summed E-state index contributed by atoms with van der Waals surface area (Å²) in [5.41, 5.74) is 0.946. The summed E-state index contributed by atoms with van der Waals surface area (Å²) in [6.07, 6.45) is 0. The number of hydrogen-bond donors (Lipinski definition) is 0. The molecule has 150 valence electrons. The van der Waals surface area contributed by atoms with Crippen LogP contribution in [0.2, 0.25) is 0 Å². The van der Waals surface area contributed by atoms with Crippen LogP contribution >= 0.6 is 0 Å². The zero-order chi connectivity index (χ0) is 21.3. The topological polar surface area (TPSA) is 80.8 Å². The number of carbonyl (C=O) groups is 2. The molecule has 8 heteroatoms. The van der Waals surface area contributed by atoms with Crippen molar-refractivity contribution >= 4 is 33.1 Å². The van der Waals surface area contributed by atoms with Gasteiger partial charge in [-0.15, -0.1) is 9.35 Å². The van der Waals surface area contributed by atoms with Gasteiger partial charge in [0.25, 0.3) is 11.8 Å². The van der Waals surface area contributed by atoms with E-state index in [0.717, 1.165) is 24.3 Å². The molecule has 3 aromatic carbocycles. The molecule has 0 spiro atoms. The van der Waals surface area contributed by atoms with E-state index in [4.69, 9.17) is 4.28 Å². The number of rotatable bonds is 5. The summed E-state index contributed by atoms with van der Waals surface area (Å²) in [6, 6.07) is 20.7. The fourth-order valence-electron chi connectivity index (χ4n) is 3.06. The van der Waals surface area contributed by atoms with Gasteiger partial charge in [0.05, 0.1) is 16.0 Å². The first kappa shape index (κ1) is 19.7. The van der Waals surface area contributed by atoms with Gasteiger partial charge in [0.15, 0.2) is 0 Å². The number of hydroxylamine groups is 2. The van der Waals surface area contributed by atoms with Gasteiger partial charge in [0.2, 0.25) is 0 Å². The van der Waals surface area contributed by atoms with Crippen LogP contribution in [0.25, 0.3) is 11.1 Å². The molecule has 3 aromatic rings. The second kappa shape index (κ2) is 7.66. The van der Waals surface area contributed by atoms with Crippen molar-refractivity contribution in [1.29, 1.82) is 0 Å². The van der Waals surface area contributed by atoms with Crippen molar-refractivity contribution in [1.82, 2.24) is 5.06 Å². The van der Waals surface area contributed by atoms with Crippen molar-refractivity contribution in [3.8, 4) is 0 Å². The smallest absolute Gasteiger partial charge is 0.266 e. The van der Waals surface area contributed by atoms with Crippen molar-refractivity contribution in [3.63, 3.8) is 0 Å². The fourth-order valence-corrected chi connectivity index (χ4v) is 3.95. The maximum atomic E-state index is 13.1. The molecular weight excluding hydrogens is 409 g/mol. The lowest BCUT2D eigenvalue weighted by Crippen LogP contribution is -2.34. The van der Waals surface area contributed by atoms with Crippen molar-refractivity contribution in [3.05, 3.63) is 102 Å². The first-order chi connectivity index (χ1) is 14.4. The maximum absolute atomic E-state index is 13.1. The maximum Gasteiger partial charge on any atom is 0.318 e. The normalized spacial score (nSPS) is 14.5. The number of halogens is 1. The second-order valence-electron chi connectivity index (χ2n) is 6.37. The van der Waals surface area contributed by atoms with E-state index in [1.54, 1.807) is 60.7 Å². The van der Waals surface area contributed by atoms with Gasteiger partial charge in [-0.3, -0.25) is 9.59 Å². The lowest BCUT2D eigenvalue weighted by molar-refractivity contribution is -0.160. The highest BCUT2D eigenvalue weighted by Crippen LogP contribution is 2.36. The fraction of sp³-hybridized carbons (Fsp3) is 0. The highest BCUT2D eigenvalue weighted by Gasteiger charge is 2.43. The van der Waals surface area contributed by atoms with Crippen LogP contribution in [0, 0.1) is 5.82 Å². The Morgan fingerprint density at radius 2 is 1.10 bits per heavy atom. The molecule has 0 saturated carbocycles. The molecule has 1 aliphatic heterocycles. The monoisotopic (exact) mass is 423 g/mol.